The minimum atomic E-state index is -1.91. The maximum absolute atomic E-state index is 13.2. The van der Waals surface area contributed by atoms with Gasteiger partial charge in [0.25, 0.3) is 0 Å². The van der Waals surface area contributed by atoms with E-state index in [1.54, 1.807) is 0 Å². The fourth-order valence-electron chi connectivity index (χ4n) is 10.5. The van der Waals surface area contributed by atoms with Crippen LogP contribution in [0.15, 0.2) is 48.6 Å². The molecule has 0 amide bonds. The molecule has 0 aliphatic carbocycles. The number of hydrogen-bond acceptors (Lipinski definition) is 11. The summed E-state index contributed by atoms with van der Waals surface area (Å²) in [6.07, 6.45) is 60.6. The second-order valence-corrected chi connectivity index (χ2v) is 23.8. The average Bonchev–Trinajstić information content (AvgIpc) is 3.58. The first-order valence-electron chi connectivity index (χ1n) is 34.6. The summed E-state index contributed by atoms with van der Waals surface area (Å²) in [5, 5.41) is 31.6. The van der Waals surface area contributed by atoms with Gasteiger partial charge in [0.05, 0.1) is 6.61 Å². The molecular formula is C71H126O12. The van der Waals surface area contributed by atoms with Crippen LogP contribution in [0.5, 0.6) is 0 Å². The van der Waals surface area contributed by atoms with Crippen LogP contribution in [0.2, 0.25) is 0 Å². The molecule has 482 valence electrons. The molecule has 0 aromatic rings. The summed E-state index contributed by atoms with van der Waals surface area (Å²) < 4.78 is 28.6. The van der Waals surface area contributed by atoms with E-state index in [9.17, 15) is 34.5 Å². The lowest BCUT2D eigenvalue weighted by Gasteiger charge is -2.40. The van der Waals surface area contributed by atoms with E-state index in [1.165, 1.54) is 173 Å². The van der Waals surface area contributed by atoms with Crippen molar-refractivity contribution in [2.45, 2.75) is 366 Å². The molecule has 6 unspecified atom stereocenters. The van der Waals surface area contributed by atoms with Gasteiger partial charge in [0.1, 0.15) is 18.8 Å². The topological polar surface area (TPSA) is 175 Å². The Hall–Kier alpha value is -3.32. The van der Waals surface area contributed by atoms with Gasteiger partial charge < -0.3 is 39.0 Å². The van der Waals surface area contributed by atoms with E-state index in [4.69, 9.17) is 23.7 Å². The Labute approximate surface area is 507 Å². The molecule has 6 atom stereocenters. The molecule has 1 saturated heterocycles. The number of unbranched alkanes of at least 4 members (excludes halogenated alkanes) is 38. The van der Waals surface area contributed by atoms with Gasteiger partial charge in [-0.1, -0.05) is 275 Å². The third-order valence-electron chi connectivity index (χ3n) is 15.9. The van der Waals surface area contributed by atoms with Crippen molar-refractivity contribution in [3.8, 4) is 0 Å². The fraction of sp³-hybridized carbons (Fsp3) is 0.831. The molecule has 0 bridgehead atoms. The molecule has 12 nitrogen and oxygen atoms in total. The molecule has 0 spiro atoms. The largest absolute Gasteiger partial charge is 0.479 e. The highest BCUT2D eigenvalue weighted by Gasteiger charge is 2.50. The number of aliphatic hydroxyl groups is 2. The first-order valence-corrected chi connectivity index (χ1v) is 34.6. The van der Waals surface area contributed by atoms with Gasteiger partial charge in [0, 0.05) is 19.3 Å². The van der Waals surface area contributed by atoms with Gasteiger partial charge in [-0.25, -0.2) is 4.79 Å². The fourth-order valence-corrected chi connectivity index (χ4v) is 10.5. The van der Waals surface area contributed by atoms with Gasteiger partial charge >= 0.3 is 23.9 Å². The zero-order chi connectivity index (χ0) is 60.3. The van der Waals surface area contributed by atoms with Crippen molar-refractivity contribution in [1.29, 1.82) is 0 Å². The summed E-state index contributed by atoms with van der Waals surface area (Å²) in [7, 11) is 0. The van der Waals surface area contributed by atoms with Gasteiger partial charge in [-0.05, 0) is 83.5 Å². The first-order chi connectivity index (χ1) is 40.6. The highest BCUT2D eigenvalue weighted by molar-refractivity contribution is 5.74. The van der Waals surface area contributed by atoms with Crippen molar-refractivity contribution in [2.75, 3.05) is 13.2 Å². The molecule has 1 aliphatic heterocycles. The van der Waals surface area contributed by atoms with Gasteiger partial charge in [-0.3, -0.25) is 14.4 Å². The molecule has 83 heavy (non-hydrogen) atoms. The molecule has 0 saturated carbocycles. The summed E-state index contributed by atoms with van der Waals surface area (Å²) in [6, 6.07) is 0. The second-order valence-electron chi connectivity index (χ2n) is 23.8. The van der Waals surface area contributed by atoms with Crippen LogP contribution in [0.4, 0.5) is 0 Å². The van der Waals surface area contributed by atoms with E-state index in [0.29, 0.717) is 19.3 Å². The highest BCUT2D eigenvalue weighted by atomic mass is 16.7. The maximum Gasteiger partial charge on any atom is 0.335 e. The Morgan fingerprint density at radius 3 is 1.11 bits per heavy atom. The van der Waals surface area contributed by atoms with Crippen molar-refractivity contribution < 1.29 is 58.2 Å². The number of esters is 3. The number of aliphatic carboxylic acids is 1. The Morgan fingerprint density at radius 1 is 0.398 bits per heavy atom. The van der Waals surface area contributed by atoms with Crippen LogP contribution in [0.1, 0.15) is 329 Å². The third kappa shape index (κ3) is 48.5. The zero-order valence-electron chi connectivity index (χ0n) is 53.5. The Bertz CT molecular complexity index is 1630. The number of carbonyl (C=O) groups excluding carboxylic acids is 3. The molecule has 1 aliphatic rings. The SMILES string of the molecule is CCCCC/C=C\C/C=C\CCCCCCCCCCCC(=O)OCC(COC1OC(C(=O)O)C(O)C(O)C1OC(=O)CCCCCCC/C=C\C/C=C\CCCCC)OC(=O)CCCCCCCCCCCCCCCCCCCCC. The van der Waals surface area contributed by atoms with E-state index in [-0.39, 0.29) is 25.9 Å². The Balaban J connectivity index is 2.63. The second kappa shape index (κ2) is 59.0. The van der Waals surface area contributed by atoms with Gasteiger partial charge in [0.15, 0.2) is 24.6 Å². The predicted molar refractivity (Wildman–Crippen MR) is 340 cm³/mol. The van der Waals surface area contributed by atoms with E-state index in [1.807, 2.05) is 0 Å². The normalized spacial score (nSPS) is 17.8. The van der Waals surface area contributed by atoms with E-state index in [0.717, 1.165) is 96.3 Å². The lowest BCUT2D eigenvalue weighted by molar-refractivity contribution is -0.301. The summed E-state index contributed by atoms with van der Waals surface area (Å²) in [5.74, 6) is -3.11. The zero-order valence-corrected chi connectivity index (χ0v) is 53.5. The summed E-state index contributed by atoms with van der Waals surface area (Å²) >= 11 is 0. The highest BCUT2D eigenvalue weighted by Crippen LogP contribution is 2.27. The van der Waals surface area contributed by atoms with Crippen molar-refractivity contribution >= 4 is 23.9 Å². The molecule has 1 rings (SSSR count). The number of aliphatic hydroxyl groups excluding tert-OH is 2. The molecule has 0 aromatic carbocycles. The number of carboxylic acids is 1. The van der Waals surface area contributed by atoms with Crippen molar-refractivity contribution in [1.82, 2.24) is 0 Å². The number of ether oxygens (including phenoxy) is 5. The van der Waals surface area contributed by atoms with Crippen molar-refractivity contribution in [3.63, 3.8) is 0 Å². The standard InChI is InChI=1S/C71H126O12/c1-4-7-10-13-16-19-22-25-28-30-32-34-37-39-42-45-48-51-54-57-63(72)79-60-62(81-64(73)58-55-52-49-46-43-41-38-35-33-31-29-26-23-20-17-14-11-8-5-2)61-80-71-69(67(76)66(75)68(83-71)70(77)78)82-65(74)59-56-53-50-47-44-40-36-27-24-21-18-15-12-9-6-3/h16,18-19,21,25,27-28,36,62,66-69,71,75-76H,4-15,17,20,22-24,26,29-35,37-61H2,1-3H3,(H,77,78)/b19-16-,21-18-,28-25-,36-27-. The molecule has 1 heterocycles. The van der Waals surface area contributed by atoms with E-state index in [2.05, 4.69) is 69.4 Å². The van der Waals surface area contributed by atoms with Crippen LogP contribution in [-0.4, -0.2) is 89.2 Å². The number of carboxylic acid groups (broad SMARTS) is 1. The van der Waals surface area contributed by atoms with Crippen molar-refractivity contribution in [3.05, 3.63) is 48.6 Å². The molecule has 0 aromatic heterocycles. The average molecular weight is 1170 g/mol. The summed E-state index contributed by atoms with van der Waals surface area (Å²) in [5.41, 5.74) is 0. The van der Waals surface area contributed by atoms with Gasteiger partial charge in [0.2, 0.25) is 0 Å². The Morgan fingerprint density at radius 2 is 0.723 bits per heavy atom. The minimum absolute atomic E-state index is 0.0464. The Kier molecular flexibility index (Phi) is 55.3. The summed E-state index contributed by atoms with van der Waals surface area (Å²) in [4.78, 5) is 51.4. The smallest absolute Gasteiger partial charge is 0.335 e. The van der Waals surface area contributed by atoms with Gasteiger partial charge in [-0.2, -0.15) is 0 Å². The van der Waals surface area contributed by atoms with Crippen LogP contribution >= 0.6 is 0 Å². The molecule has 12 heteroatoms. The third-order valence-corrected chi connectivity index (χ3v) is 15.9. The molecule has 1 fully saturated rings. The van der Waals surface area contributed by atoms with Crippen LogP contribution in [0, 0.1) is 0 Å². The number of allylic oxidation sites excluding steroid dienone is 8. The number of rotatable bonds is 60. The maximum atomic E-state index is 13.2. The number of hydrogen-bond donors (Lipinski definition) is 3. The minimum Gasteiger partial charge on any atom is -0.479 e. The van der Waals surface area contributed by atoms with Crippen LogP contribution in [0.25, 0.3) is 0 Å². The quantitative estimate of drug-likeness (QED) is 0.0228. The van der Waals surface area contributed by atoms with Crippen LogP contribution < -0.4 is 0 Å². The van der Waals surface area contributed by atoms with E-state index < -0.39 is 67.3 Å². The van der Waals surface area contributed by atoms with Crippen LogP contribution in [-0.2, 0) is 42.9 Å². The lowest BCUT2D eigenvalue weighted by atomic mass is 9.98. The summed E-state index contributed by atoms with van der Waals surface area (Å²) in [6.45, 7) is 5.99. The number of carbonyl (C=O) groups is 4. The van der Waals surface area contributed by atoms with Gasteiger partial charge in [-0.15, -0.1) is 0 Å². The van der Waals surface area contributed by atoms with Crippen LogP contribution in [0.3, 0.4) is 0 Å². The first kappa shape index (κ1) is 77.7. The molecular weight excluding hydrogens is 1040 g/mol. The molecule has 0 radical (unpaired) electrons. The van der Waals surface area contributed by atoms with Crippen molar-refractivity contribution in [2.24, 2.45) is 0 Å². The van der Waals surface area contributed by atoms with E-state index >= 15 is 0 Å². The monoisotopic (exact) mass is 1170 g/mol. The predicted octanol–water partition coefficient (Wildman–Crippen LogP) is 18.9. The molecule has 3 N–H and O–H groups in total. The lowest BCUT2D eigenvalue weighted by Crippen LogP contribution is -2.61.